The minimum atomic E-state index is -0.487. The molecule has 0 unspecified atom stereocenters. The SMILES string of the molecule is NCCCOc1c(O)c(O)cc2oc(-c3ccccc3)cc(=O)c12. The molecule has 0 fully saturated rings. The number of benzene rings is 2. The Hall–Kier alpha value is -2.99. The van der Waals surface area contributed by atoms with Gasteiger partial charge in [0, 0.05) is 17.7 Å². The van der Waals surface area contributed by atoms with E-state index in [1.165, 1.54) is 12.1 Å². The van der Waals surface area contributed by atoms with E-state index in [0.29, 0.717) is 18.7 Å². The second-order valence-electron chi connectivity index (χ2n) is 5.28. The zero-order valence-corrected chi connectivity index (χ0v) is 12.9. The molecule has 0 spiro atoms. The molecule has 0 amide bonds. The van der Waals surface area contributed by atoms with Crippen molar-refractivity contribution in [2.75, 3.05) is 13.2 Å². The van der Waals surface area contributed by atoms with Gasteiger partial charge in [-0.05, 0) is 13.0 Å². The van der Waals surface area contributed by atoms with Gasteiger partial charge in [0.2, 0.25) is 5.75 Å². The van der Waals surface area contributed by atoms with Crippen LogP contribution in [0.1, 0.15) is 6.42 Å². The van der Waals surface area contributed by atoms with Gasteiger partial charge in [0.05, 0.1) is 6.61 Å². The van der Waals surface area contributed by atoms with Crippen LogP contribution < -0.4 is 15.9 Å². The Labute approximate surface area is 137 Å². The zero-order valence-electron chi connectivity index (χ0n) is 12.9. The highest BCUT2D eigenvalue weighted by atomic mass is 16.5. The number of aromatic hydroxyl groups is 2. The lowest BCUT2D eigenvalue weighted by Gasteiger charge is -2.12. The highest BCUT2D eigenvalue weighted by molar-refractivity contribution is 5.89. The molecule has 0 aliphatic rings. The fourth-order valence-electron chi connectivity index (χ4n) is 2.41. The number of phenolic OH excluding ortho intramolecular Hbond substituents is 2. The van der Waals surface area contributed by atoms with Gasteiger partial charge in [-0.1, -0.05) is 30.3 Å². The van der Waals surface area contributed by atoms with Crippen molar-refractivity contribution in [2.45, 2.75) is 6.42 Å². The Morgan fingerprint density at radius 3 is 2.58 bits per heavy atom. The molecule has 3 aromatic rings. The minimum absolute atomic E-state index is 0.0852. The lowest BCUT2D eigenvalue weighted by atomic mass is 10.1. The standard InChI is InChI=1S/C18H17NO5/c19-7-4-8-23-18-16-12(20)9-14(11-5-2-1-3-6-11)24-15(16)10-13(21)17(18)22/h1-3,5-6,9-10,21-22H,4,7-8,19H2. The molecule has 6 nitrogen and oxygen atoms in total. The first-order valence-electron chi connectivity index (χ1n) is 7.53. The van der Waals surface area contributed by atoms with E-state index in [9.17, 15) is 15.0 Å². The van der Waals surface area contributed by atoms with E-state index in [4.69, 9.17) is 14.9 Å². The fourth-order valence-corrected chi connectivity index (χ4v) is 2.41. The summed E-state index contributed by atoms with van der Waals surface area (Å²) in [5, 5.41) is 20.0. The summed E-state index contributed by atoms with van der Waals surface area (Å²) in [6.45, 7) is 0.618. The summed E-state index contributed by atoms with van der Waals surface area (Å²) >= 11 is 0. The lowest BCUT2D eigenvalue weighted by molar-refractivity contribution is 0.293. The molecule has 0 radical (unpaired) electrons. The largest absolute Gasteiger partial charge is 0.504 e. The van der Waals surface area contributed by atoms with Crippen LogP contribution in [0.2, 0.25) is 0 Å². The maximum absolute atomic E-state index is 12.5. The first-order valence-corrected chi connectivity index (χ1v) is 7.53. The number of hydrogen-bond acceptors (Lipinski definition) is 6. The maximum atomic E-state index is 12.5. The molecule has 6 heteroatoms. The van der Waals surface area contributed by atoms with Crippen molar-refractivity contribution in [1.29, 1.82) is 0 Å². The molecular formula is C18H17NO5. The van der Waals surface area contributed by atoms with Crippen LogP contribution in [0.3, 0.4) is 0 Å². The third kappa shape index (κ3) is 2.91. The first kappa shape index (κ1) is 15.9. The summed E-state index contributed by atoms with van der Waals surface area (Å²) in [5.41, 5.74) is 5.92. The van der Waals surface area contributed by atoms with Gasteiger partial charge in [0.1, 0.15) is 16.7 Å². The summed E-state index contributed by atoms with van der Waals surface area (Å²) in [7, 11) is 0. The Morgan fingerprint density at radius 2 is 1.88 bits per heavy atom. The lowest BCUT2D eigenvalue weighted by Crippen LogP contribution is -2.09. The van der Waals surface area contributed by atoms with Gasteiger partial charge in [-0.15, -0.1) is 0 Å². The van der Waals surface area contributed by atoms with Gasteiger partial charge in [-0.3, -0.25) is 4.79 Å². The van der Waals surface area contributed by atoms with Crippen molar-refractivity contribution in [3.63, 3.8) is 0 Å². The van der Waals surface area contributed by atoms with Crippen molar-refractivity contribution in [3.8, 4) is 28.6 Å². The predicted octanol–water partition coefficient (Wildman–Crippen LogP) is 2.60. The highest BCUT2D eigenvalue weighted by Gasteiger charge is 2.19. The summed E-state index contributed by atoms with van der Waals surface area (Å²) in [5.74, 6) is -0.629. The summed E-state index contributed by atoms with van der Waals surface area (Å²) < 4.78 is 11.2. The Morgan fingerprint density at radius 1 is 1.12 bits per heavy atom. The number of rotatable bonds is 5. The van der Waals surface area contributed by atoms with E-state index in [1.54, 1.807) is 0 Å². The molecule has 24 heavy (non-hydrogen) atoms. The number of ether oxygens (including phenoxy) is 1. The predicted molar refractivity (Wildman–Crippen MR) is 90.4 cm³/mol. The van der Waals surface area contributed by atoms with Crippen LogP contribution in [0.25, 0.3) is 22.3 Å². The van der Waals surface area contributed by atoms with E-state index in [1.807, 2.05) is 30.3 Å². The van der Waals surface area contributed by atoms with Crippen molar-refractivity contribution >= 4 is 11.0 Å². The molecule has 0 aliphatic heterocycles. The second kappa shape index (κ2) is 6.64. The van der Waals surface area contributed by atoms with Crippen LogP contribution >= 0.6 is 0 Å². The molecule has 0 aliphatic carbocycles. The zero-order chi connectivity index (χ0) is 17.1. The molecular weight excluding hydrogens is 310 g/mol. The van der Waals surface area contributed by atoms with E-state index in [2.05, 4.69) is 0 Å². The molecule has 0 atom stereocenters. The second-order valence-corrected chi connectivity index (χ2v) is 5.28. The molecule has 0 bridgehead atoms. The summed E-state index contributed by atoms with van der Waals surface area (Å²) in [6.07, 6.45) is 0.546. The van der Waals surface area contributed by atoms with Crippen LogP contribution in [0.5, 0.6) is 17.2 Å². The topological polar surface area (TPSA) is 106 Å². The van der Waals surface area contributed by atoms with Crippen molar-refractivity contribution in [2.24, 2.45) is 5.73 Å². The molecule has 0 saturated heterocycles. The third-order valence-electron chi connectivity index (χ3n) is 3.58. The average molecular weight is 327 g/mol. The number of hydrogen-bond donors (Lipinski definition) is 3. The van der Waals surface area contributed by atoms with Crippen LogP contribution in [0, 0.1) is 0 Å². The molecule has 1 aromatic heterocycles. The van der Waals surface area contributed by atoms with Gasteiger partial charge >= 0.3 is 0 Å². The molecule has 4 N–H and O–H groups in total. The molecule has 1 heterocycles. The van der Waals surface area contributed by atoms with E-state index >= 15 is 0 Å². The van der Waals surface area contributed by atoms with Crippen molar-refractivity contribution in [1.82, 2.24) is 0 Å². The van der Waals surface area contributed by atoms with Crippen molar-refractivity contribution < 1.29 is 19.4 Å². The molecule has 124 valence electrons. The van der Waals surface area contributed by atoms with Crippen LogP contribution in [0.15, 0.2) is 51.7 Å². The van der Waals surface area contributed by atoms with Gasteiger partial charge in [-0.2, -0.15) is 0 Å². The van der Waals surface area contributed by atoms with E-state index in [0.717, 1.165) is 5.56 Å². The van der Waals surface area contributed by atoms with E-state index in [-0.39, 0.29) is 28.8 Å². The Balaban J connectivity index is 2.18. The van der Waals surface area contributed by atoms with Gasteiger partial charge < -0.3 is 25.1 Å². The maximum Gasteiger partial charge on any atom is 0.201 e. The van der Waals surface area contributed by atoms with Crippen molar-refractivity contribution in [3.05, 3.63) is 52.7 Å². The van der Waals surface area contributed by atoms with Gasteiger partial charge in [0.15, 0.2) is 16.9 Å². The monoisotopic (exact) mass is 327 g/mol. The van der Waals surface area contributed by atoms with Crippen LogP contribution in [-0.4, -0.2) is 23.4 Å². The quantitative estimate of drug-likeness (QED) is 0.491. The minimum Gasteiger partial charge on any atom is -0.504 e. The van der Waals surface area contributed by atoms with Crippen LogP contribution in [0.4, 0.5) is 0 Å². The van der Waals surface area contributed by atoms with Gasteiger partial charge in [-0.25, -0.2) is 0 Å². The van der Waals surface area contributed by atoms with E-state index < -0.39 is 11.5 Å². The summed E-state index contributed by atoms with van der Waals surface area (Å²) in [4.78, 5) is 12.5. The Kier molecular flexibility index (Phi) is 4.39. The first-order chi connectivity index (χ1) is 11.6. The van der Waals surface area contributed by atoms with Crippen LogP contribution in [-0.2, 0) is 0 Å². The molecule has 0 saturated carbocycles. The Bertz CT molecular complexity index is 918. The van der Waals surface area contributed by atoms with Gasteiger partial charge in [0.25, 0.3) is 0 Å². The smallest absolute Gasteiger partial charge is 0.201 e. The fraction of sp³-hybridized carbons (Fsp3) is 0.167. The third-order valence-corrected chi connectivity index (χ3v) is 3.58. The number of fused-ring (bicyclic) bond motifs is 1. The average Bonchev–Trinajstić information content (AvgIpc) is 2.59. The summed E-state index contributed by atoms with van der Waals surface area (Å²) in [6, 6.07) is 11.7. The number of phenols is 2. The normalized spacial score (nSPS) is 10.9. The molecule has 3 rings (SSSR count). The highest BCUT2D eigenvalue weighted by Crippen LogP contribution is 2.41. The molecule has 2 aromatic carbocycles. The number of nitrogens with two attached hydrogens (primary N) is 1.